The summed E-state index contributed by atoms with van der Waals surface area (Å²) in [6.07, 6.45) is 0. The van der Waals surface area contributed by atoms with Crippen LogP contribution in [0.4, 0.5) is 5.69 Å². The Morgan fingerprint density at radius 2 is 1.85 bits per heavy atom. The molecule has 2 rings (SSSR count). The topological polar surface area (TPSA) is 102 Å². The van der Waals surface area contributed by atoms with E-state index < -0.39 is 28.5 Å². The zero-order chi connectivity index (χ0) is 19.2. The fourth-order valence-corrected chi connectivity index (χ4v) is 3.32. The quantitative estimate of drug-likeness (QED) is 0.700. The van der Waals surface area contributed by atoms with Crippen molar-refractivity contribution in [3.8, 4) is 0 Å². The predicted molar refractivity (Wildman–Crippen MR) is 97.7 cm³/mol. The summed E-state index contributed by atoms with van der Waals surface area (Å²) >= 11 is 5.82. The van der Waals surface area contributed by atoms with Gasteiger partial charge in [-0.2, -0.15) is 0 Å². The average molecular weight is 397 g/mol. The third kappa shape index (κ3) is 5.55. The van der Waals surface area contributed by atoms with Gasteiger partial charge in [-0.15, -0.1) is 0 Å². The van der Waals surface area contributed by atoms with Crippen molar-refractivity contribution in [2.75, 3.05) is 18.5 Å². The molecule has 0 heterocycles. The van der Waals surface area contributed by atoms with E-state index in [1.54, 1.807) is 31.2 Å². The second-order valence-corrected chi connectivity index (χ2v) is 7.37. The Morgan fingerprint density at radius 3 is 2.54 bits per heavy atom. The smallest absolute Gasteiger partial charge is 0.338 e. The first-order chi connectivity index (χ1) is 12.3. The maximum atomic E-state index is 12.1. The summed E-state index contributed by atoms with van der Waals surface area (Å²) in [4.78, 5) is 23.8. The lowest BCUT2D eigenvalue weighted by Gasteiger charge is -2.08. The lowest BCUT2D eigenvalue weighted by Crippen LogP contribution is -2.24. The van der Waals surface area contributed by atoms with Gasteiger partial charge in [0, 0.05) is 17.3 Å². The number of ether oxygens (including phenoxy) is 1. The highest BCUT2D eigenvalue weighted by molar-refractivity contribution is 7.89. The zero-order valence-corrected chi connectivity index (χ0v) is 15.4. The van der Waals surface area contributed by atoms with E-state index >= 15 is 0 Å². The van der Waals surface area contributed by atoms with E-state index in [4.69, 9.17) is 16.3 Å². The van der Waals surface area contributed by atoms with Crippen LogP contribution in [0.1, 0.15) is 17.3 Å². The first-order valence-corrected chi connectivity index (χ1v) is 9.50. The molecule has 0 aromatic heterocycles. The molecule has 26 heavy (non-hydrogen) atoms. The second kappa shape index (κ2) is 8.79. The van der Waals surface area contributed by atoms with Crippen molar-refractivity contribution < 1.29 is 22.7 Å². The lowest BCUT2D eigenvalue weighted by molar-refractivity contribution is -0.119. The van der Waals surface area contributed by atoms with E-state index in [2.05, 4.69) is 10.0 Å². The fourth-order valence-electron chi connectivity index (χ4n) is 2.04. The van der Waals surface area contributed by atoms with Crippen LogP contribution < -0.4 is 10.0 Å². The molecule has 2 aromatic rings. The summed E-state index contributed by atoms with van der Waals surface area (Å²) in [6.45, 7) is 1.35. The summed E-state index contributed by atoms with van der Waals surface area (Å²) in [5, 5.41) is 2.99. The van der Waals surface area contributed by atoms with Gasteiger partial charge >= 0.3 is 5.97 Å². The molecule has 0 aliphatic heterocycles. The molecule has 2 N–H and O–H groups in total. The van der Waals surface area contributed by atoms with Crippen molar-refractivity contribution >= 4 is 39.2 Å². The van der Waals surface area contributed by atoms with Crippen molar-refractivity contribution in [2.45, 2.75) is 11.8 Å². The molecule has 0 unspecified atom stereocenters. The van der Waals surface area contributed by atoms with Crippen LogP contribution in [0.25, 0.3) is 0 Å². The molecule has 1 amide bonds. The first kappa shape index (κ1) is 19.9. The third-order valence-corrected chi connectivity index (χ3v) is 4.94. The Hall–Kier alpha value is -2.42. The van der Waals surface area contributed by atoms with Crippen LogP contribution in [0.2, 0.25) is 5.02 Å². The molecule has 0 atom stereocenters. The Bertz CT molecular complexity index is 915. The normalized spacial score (nSPS) is 11.0. The van der Waals surface area contributed by atoms with Crippen LogP contribution in [0.3, 0.4) is 0 Å². The van der Waals surface area contributed by atoms with Gasteiger partial charge in [-0.05, 0) is 36.4 Å². The molecule has 0 bridgehead atoms. The van der Waals surface area contributed by atoms with Crippen LogP contribution in [0, 0.1) is 0 Å². The van der Waals surface area contributed by atoms with Gasteiger partial charge in [0.25, 0.3) is 5.91 Å². The minimum Gasteiger partial charge on any atom is -0.452 e. The van der Waals surface area contributed by atoms with Crippen LogP contribution in [-0.2, 0) is 19.6 Å². The molecular formula is C17H17ClN2O5S. The van der Waals surface area contributed by atoms with E-state index in [-0.39, 0.29) is 17.0 Å². The predicted octanol–water partition coefficient (Wildman–Crippen LogP) is 2.43. The number of hydrogen-bond acceptors (Lipinski definition) is 5. The van der Waals surface area contributed by atoms with E-state index in [0.717, 1.165) is 0 Å². The van der Waals surface area contributed by atoms with Crippen LogP contribution in [-0.4, -0.2) is 33.4 Å². The van der Waals surface area contributed by atoms with Gasteiger partial charge in [0.2, 0.25) is 10.0 Å². The molecule has 0 aliphatic rings. The maximum absolute atomic E-state index is 12.1. The standard InChI is InChI=1S/C17H17ClN2O5S/c1-2-19-26(23,24)15-8-3-5-12(9-15)17(22)25-11-16(21)20-14-7-4-6-13(18)10-14/h3-10,19H,2,11H2,1H3,(H,20,21). The molecule has 0 fully saturated rings. The van der Waals surface area contributed by atoms with Gasteiger partial charge in [-0.25, -0.2) is 17.9 Å². The number of benzene rings is 2. The Morgan fingerprint density at radius 1 is 1.12 bits per heavy atom. The number of carbonyl (C=O) groups excluding carboxylic acids is 2. The maximum Gasteiger partial charge on any atom is 0.338 e. The molecule has 9 heteroatoms. The Labute approximate surface area is 156 Å². The largest absolute Gasteiger partial charge is 0.452 e. The van der Waals surface area contributed by atoms with Crippen molar-refractivity contribution in [3.05, 3.63) is 59.1 Å². The molecular weight excluding hydrogens is 380 g/mol. The number of carbonyl (C=O) groups is 2. The van der Waals surface area contributed by atoms with E-state index in [1.165, 1.54) is 24.3 Å². The van der Waals surface area contributed by atoms with Gasteiger partial charge in [0.15, 0.2) is 6.61 Å². The lowest BCUT2D eigenvalue weighted by atomic mass is 10.2. The van der Waals surface area contributed by atoms with Crippen LogP contribution in [0.5, 0.6) is 0 Å². The van der Waals surface area contributed by atoms with Gasteiger partial charge < -0.3 is 10.1 Å². The number of rotatable bonds is 7. The van der Waals surface area contributed by atoms with Crippen molar-refractivity contribution in [2.24, 2.45) is 0 Å². The molecule has 2 aromatic carbocycles. The summed E-state index contributed by atoms with van der Waals surface area (Å²) < 4.78 is 31.2. The number of halogens is 1. The van der Waals surface area contributed by atoms with Gasteiger partial charge in [-0.3, -0.25) is 4.79 Å². The number of sulfonamides is 1. The summed E-state index contributed by atoms with van der Waals surface area (Å²) in [5.41, 5.74) is 0.497. The van der Waals surface area contributed by atoms with Crippen LogP contribution >= 0.6 is 11.6 Å². The molecule has 0 aliphatic carbocycles. The number of esters is 1. The highest BCUT2D eigenvalue weighted by atomic mass is 35.5. The molecule has 138 valence electrons. The number of hydrogen-bond donors (Lipinski definition) is 2. The summed E-state index contributed by atoms with van der Waals surface area (Å²) in [7, 11) is -3.69. The Kier molecular flexibility index (Phi) is 6.73. The van der Waals surface area contributed by atoms with Crippen LogP contribution in [0.15, 0.2) is 53.4 Å². The SMILES string of the molecule is CCNS(=O)(=O)c1cccc(C(=O)OCC(=O)Nc2cccc(Cl)c2)c1. The van der Waals surface area contributed by atoms with Gasteiger partial charge in [0.05, 0.1) is 10.5 Å². The first-order valence-electron chi connectivity index (χ1n) is 7.64. The minimum absolute atomic E-state index is 0.0273. The highest BCUT2D eigenvalue weighted by Crippen LogP contribution is 2.15. The fraction of sp³-hybridized carbons (Fsp3) is 0.176. The van der Waals surface area contributed by atoms with Crippen molar-refractivity contribution in [1.82, 2.24) is 4.72 Å². The number of nitrogens with one attached hydrogen (secondary N) is 2. The van der Waals surface area contributed by atoms with Crippen molar-refractivity contribution in [3.63, 3.8) is 0 Å². The summed E-state index contributed by atoms with van der Waals surface area (Å²) in [5.74, 6) is -1.35. The second-order valence-electron chi connectivity index (χ2n) is 5.16. The number of anilines is 1. The molecule has 0 saturated carbocycles. The average Bonchev–Trinajstić information content (AvgIpc) is 2.60. The number of amides is 1. The van der Waals surface area contributed by atoms with Crippen molar-refractivity contribution in [1.29, 1.82) is 0 Å². The molecule has 7 nitrogen and oxygen atoms in total. The minimum atomic E-state index is -3.69. The third-order valence-electron chi connectivity index (χ3n) is 3.16. The molecule has 0 radical (unpaired) electrons. The van der Waals surface area contributed by atoms with E-state index in [9.17, 15) is 18.0 Å². The Balaban J connectivity index is 1.98. The zero-order valence-electron chi connectivity index (χ0n) is 13.9. The molecule has 0 saturated heterocycles. The monoisotopic (exact) mass is 396 g/mol. The van der Waals surface area contributed by atoms with Gasteiger partial charge in [0.1, 0.15) is 0 Å². The van der Waals surface area contributed by atoms with E-state index in [1.807, 2.05) is 0 Å². The highest BCUT2D eigenvalue weighted by Gasteiger charge is 2.16. The van der Waals surface area contributed by atoms with E-state index in [0.29, 0.717) is 10.7 Å². The summed E-state index contributed by atoms with van der Waals surface area (Å²) in [6, 6.07) is 11.9. The molecule has 0 spiro atoms. The van der Waals surface area contributed by atoms with Gasteiger partial charge in [-0.1, -0.05) is 30.7 Å².